The van der Waals surface area contributed by atoms with Gasteiger partial charge in [0.2, 0.25) is 0 Å². The Hall–Kier alpha value is -2.22. The summed E-state index contributed by atoms with van der Waals surface area (Å²) >= 11 is 0. The van der Waals surface area contributed by atoms with E-state index in [2.05, 4.69) is 62.4 Å². The largest absolute Gasteiger partial charge is 0.489 e. The summed E-state index contributed by atoms with van der Waals surface area (Å²) in [5, 5.41) is 0. The molecule has 2 rings (SSSR count). The van der Waals surface area contributed by atoms with Crippen molar-refractivity contribution in [2.45, 2.75) is 65.2 Å². The molecule has 0 radical (unpaired) electrons. The normalized spacial score (nSPS) is 11.8. The van der Waals surface area contributed by atoms with E-state index in [9.17, 15) is 0 Å². The summed E-state index contributed by atoms with van der Waals surface area (Å²) < 4.78 is 12.6. The van der Waals surface area contributed by atoms with Gasteiger partial charge in [-0.05, 0) is 12.8 Å². The minimum absolute atomic E-state index is 0.722. The Morgan fingerprint density at radius 2 is 0.929 bits per heavy atom. The number of hydrogen-bond donors (Lipinski definition) is 0. The van der Waals surface area contributed by atoms with Crippen molar-refractivity contribution in [3.63, 3.8) is 0 Å². The summed E-state index contributed by atoms with van der Waals surface area (Å²) in [5.74, 6) is 1.72. The van der Waals surface area contributed by atoms with Gasteiger partial charge in [-0.25, -0.2) is 0 Å². The van der Waals surface area contributed by atoms with Gasteiger partial charge in [-0.2, -0.15) is 0 Å². The maximum absolute atomic E-state index is 6.32. The number of unbranched alkanes of at least 4 members (excludes halogenated alkanes) is 6. The third-order valence-corrected chi connectivity index (χ3v) is 4.77. The minimum atomic E-state index is 0.722. The maximum Gasteiger partial charge on any atom is 0.168 e. The van der Waals surface area contributed by atoms with Crippen molar-refractivity contribution in [2.24, 2.45) is 0 Å². The summed E-state index contributed by atoms with van der Waals surface area (Å²) in [4.78, 5) is 0. The maximum atomic E-state index is 6.32. The van der Waals surface area contributed by atoms with Gasteiger partial charge in [-0.1, -0.05) is 113 Å². The van der Waals surface area contributed by atoms with Crippen LogP contribution in [0, 0.1) is 0 Å². The van der Waals surface area contributed by atoms with Gasteiger partial charge in [0.15, 0.2) is 11.5 Å². The van der Waals surface area contributed by atoms with Crippen molar-refractivity contribution >= 4 is 11.5 Å². The average Bonchev–Trinajstić information content (AvgIpc) is 2.75. The molecule has 0 aliphatic carbocycles. The molecule has 2 heteroatoms. The van der Waals surface area contributed by atoms with E-state index in [4.69, 9.17) is 9.47 Å². The predicted octanol–water partition coefficient (Wildman–Crippen LogP) is 7.71. The second-order valence-corrected chi connectivity index (χ2v) is 7.21. The first kappa shape index (κ1) is 22.1. The second-order valence-electron chi connectivity index (χ2n) is 7.21. The Kier molecular flexibility index (Phi) is 10.9. The average molecular weight is 381 g/mol. The first-order chi connectivity index (χ1) is 13.9. The van der Waals surface area contributed by atoms with Gasteiger partial charge in [-0.3, -0.25) is 0 Å². The predicted molar refractivity (Wildman–Crippen MR) is 120 cm³/mol. The van der Waals surface area contributed by atoms with Gasteiger partial charge < -0.3 is 9.47 Å². The zero-order valence-electron chi connectivity index (χ0n) is 17.7. The smallest absolute Gasteiger partial charge is 0.168 e. The Morgan fingerprint density at radius 3 is 1.29 bits per heavy atom. The number of benzene rings is 2. The van der Waals surface area contributed by atoms with Crippen LogP contribution in [0.5, 0.6) is 0 Å². The molecule has 0 aromatic heterocycles. The van der Waals surface area contributed by atoms with Crippen molar-refractivity contribution in [1.29, 1.82) is 0 Å². The van der Waals surface area contributed by atoms with Crippen molar-refractivity contribution < 1.29 is 9.47 Å². The van der Waals surface area contributed by atoms with Crippen LogP contribution in [0.2, 0.25) is 0 Å². The fourth-order valence-corrected chi connectivity index (χ4v) is 3.15. The highest BCUT2D eigenvalue weighted by molar-refractivity contribution is 5.84. The lowest BCUT2D eigenvalue weighted by Crippen LogP contribution is -2.04. The highest BCUT2D eigenvalue weighted by atomic mass is 16.5. The topological polar surface area (TPSA) is 18.5 Å². The molecule has 0 spiro atoms. The van der Waals surface area contributed by atoms with Crippen LogP contribution in [0.3, 0.4) is 0 Å². The van der Waals surface area contributed by atoms with E-state index in [-0.39, 0.29) is 0 Å². The van der Waals surface area contributed by atoms with Crippen LogP contribution in [0.25, 0.3) is 11.5 Å². The SMILES string of the molecule is CCCCCCOC(=C(OCCCCCC)c1ccccc1)c1ccccc1. The molecule has 0 bridgehead atoms. The first-order valence-electron chi connectivity index (χ1n) is 11.0. The van der Waals surface area contributed by atoms with E-state index in [1.807, 2.05) is 12.1 Å². The summed E-state index contributed by atoms with van der Waals surface area (Å²) in [5.41, 5.74) is 2.15. The van der Waals surface area contributed by atoms with E-state index in [0.29, 0.717) is 0 Å². The van der Waals surface area contributed by atoms with Crippen LogP contribution >= 0.6 is 0 Å². The van der Waals surface area contributed by atoms with Crippen LogP contribution in [0.15, 0.2) is 60.7 Å². The lowest BCUT2D eigenvalue weighted by molar-refractivity contribution is 0.234. The molecule has 0 aliphatic rings. The number of ether oxygens (including phenoxy) is 2. The van der Waals surface area contributed by atoms with Crippen molar-refractivity contribution in [1.82, 2.24) is 0 Å². The lowest BCUT2D eigenvalue weighted by Gasteiger charge is -2.18. The molecule has 2 aromatic carbocycles. The van der Waals surface area contributed by atoms with E-state index >= 15 is 0 Å². The molecule has 0 fully saturated rings. The number of hydrogen-bond acceptors (Lipinski definition) is 2. The molecule has 0 heterocycles. The van der Waals surface area contributed by atoms with Gasteiger partial charge in [0, 0.05) is 11.1 Å². The van der Waals surface area contributed by atoms with Crippen LogP contribution in [0.4, 0.5) is 0 Å². The van der Waals surface area contributed by atoms with E-state index < -0.39 is 0 Å². The molecule has 0 saturated carbocycles. The molecule has 2 nitrogen and oxygen atoms in total. The van der Waals surface area contributed by atoms with Gasteiger partial charge in [0.05, 0.1) is 13.2 Å². The first-order valence-corrected chi connectivity index (χ1v) is 11.0. The molecule has 0 amide bonds. The molecule has 0 N–H and O–H groups in total. The molecular weight excluding hydrogens is 344 g/mol. The van der Waals surface area contributed by atoms with Crippen LogP contribution < -0.4 is 0 Å². The molecule has 0 atom stereocenters. The van der Waals surface area contributed by atoms with Crippen molar-refractivity contribution in [3.05, 3.63) is 71.8 Å². The molecule has 0 aliphatic heterocycles. The van der Waals surface area contributed by atoms with Gasteiger partial charge >= 0.3 is 0 Å². The van der Waals surface area contributed by atoms with Gasteiger partial charge in [0.25, 0.3) is 0 Å². The summed E-state index contributed by atoms with van der Waals surface area (Å²) in [6.45, 7) is 5.91. The summed E-state index contributed by atoms with van der Waals surface area (Å²) in [6, 6.07) is 20.7. The fraction of sp³-hybridized carbons (Fsp3) is 0.462. The zero-order chi connectivity index (χ0) is 19.9. The Labute approximate surface area is 171 Å². The van der Waals surface area contributed by atoms with E-state index in [0.717, 1.165) is 48.7 Å². The molecule has 28 heavy (non-hydrogen) atoms. The van der Waals surface area contributed by atoms with Gasteiger partial charge in [-0.15, -0.1) is 0 Å². The summed E-state index contributed by atoms with van der Waals surface area (Å²) in [6.07, 6.45) is 9.54. The molecule has 152 valence electrons. The Bertz CT molecular complexity index is 602. The van der Waals surface area contributed by atoms with Gasteiger partial charge in [0.1, 0.15) is 0 Å². The second kappa shape index (κ2) is 13.9. The third-order valence-electron chi connectivity index (χ3n) is 4.77. The Balaban J connectivity index is 2.23. The summed E-state index contributed by atoms with van der Waals surface area (Å²) in [7, 11) is 0. The van der Waals surface area contributed by atoms with Crippen LogP contribution in [-0.2, 0) is 9.47 Å². The Morgan fingerprint density at radius 1 is 0.536 bits per heavy atom. The van der Waals surface area contributed by atoms with Crippen molar-refractivity contribution in [3.8, 4) is 0 Å². The standard InChI is InChI=1S/C26H36O2/c1-3-5-7-15-21-27-25(23-17-11-9-12-18-23)26(24-19-13-10-14-20-24)28-22-16-8-6-4-2/h9-14,17-20H,3-8,15-16,21-22H2,1-2H3. The highest BCUT2D eigenvalue weighted by Crippen LogP contribution is 2.29. The monoisotopic (exact) mass is 380 g/mol. The van der Waals surface area contributed by atoms with Crippen LogP contribution in [-0.4, -0.2) is 13.2 Å². The fourth-order valence-electron chi connectivity index (χ4n) is 3.15. The van der Waals surface area contributed by atoms with Crippen molar-refractivity contribution in [2.75, 3.05) is 13.2 Å². The highest BCUT2D eigenvalue weighted by Gasteiger charge is 2.15. The molecular formula is C26H36O2. The van der Waals surface area contributed by atoms with E-state index in [1.54, 1.807) is 0 Å². The lowest BCUT2D eigenvalue weighted by atomic mass is 10.1. The number of rotatable bonds is 14. The molecule has 0 saturated heterocycles. The van der Waals surface area contributed by atoms with E-state index in [1.165, 1.54) is 38.5 Å². The molecule has 0 unspecified atom stereocenters. The molecule has 2 aromatic rings. The minimum Gasteiger partial charge on any atom is -0.489 e. The third kappa shape index (κ3) is 7.80. The van der Waals surface area contributed by atoms with Crippen LogP contribution in [0.1, 0.15) is 76.3 Å². The zero-order valence-corrected chi connectivity index (χ0v) is 17.7. The quantitative estimate of drug-likeness (QED) is 0.190.